The number of nitrogens with one attached hydrogen (secondary N) is 2. The zero-order valence-electron chi connectivity index (χ0n) is 12.0. The average molecular weight is 312 g/mol. The molecule has 5 atom stereocenters. The molecule has 1 aromatic carbocycles. The van der Waals surface area contributed by atoms with Gasteiger partial charge in [-0.25, -0.2) is 0 Å². The standard InChI is InChI=1S/C14H20N2O6/c1-15-8-5-3-2-4-7(8)13(20)16-10-12(19)11(18)9(6-17)22-14(10)21/h2-5,9-12,14-15,17-19,21H,6H2,1H3,(H,16,20)/t9-,10-,11-,12-,14?/m0/s1. The van der Waals surface area contributed by atoms with Gasteiger partial charge in [0.2, 0.25) is 0 Å². The molecule has 0 radical (unpaired) electrons. The second-order valence-corrected chi connectivity index (χ2v) is 5.02. The summed E-state index contributed by atoms with van der Waals surface area (Å²) in [5.41, 5.74) is 0.901. The number of ether oxygens (including phenoxy) is 1. The van der Waals surface area contributed by atoms with Crippen molar-refractivity contribution >= 4 is 11.6 Å². The van der Waals surface area contributed by atoms with Gasteiger partial charge in [0.05, 0.1) is 12.2 Å². The molecule has 1 aromatic rings. The number of hydrogen-bond acceptors (Lipinski definition) is 7. The quantitative estimate of drug-likeness (QED) is 0.389. The first-order valence-electron chi connectivity index (χ1n) is 6.87. The van der Waals surface area contributed by atoms with E-state index in [-0.39, 0.29) is 0 Å². The number of anilines is 1. The fraction of sp³-hybridized carbons (Fsp3) is 0.500. The van der Waals surface area contributed by atoms with Crippen molar-refractivity contribution in [3.63, 3.8) is 0 Å². The van der Waals surface area contributed by atoms with Crippen LogP contribution >= 0.6 is 0 Å². The average Bonchev–Trinajstić information content (AvgIpc) is 2.54. The van der Waals surface area contributed by atoms with E-state index in [4.69, 9.17) is 9.84 Å². The van der Waals surface area contributed by atoms with Gasteiger partial charge in [-0.2, -0.15) is 0 Å². The van der Waals surface area contributed by atoms with Gasteiger partial charge in [-0.1, -0.05) is 12.1 Å². The number of benzene rings is 1. The number of carbonyl (C=O) groups is 1. The van der Waals surface area contributed by atoms with Crippen LogP contribution in [0.3, 0.4) is 0 Å². The molecule has 1 aliphatic heterocycles. The van der Waals surface area contributed by atoms with Gasteiger partial charge in [0.25, 0.3) is 5.91 Å². The third kappa shape index (κ3) is 3.21. The van der Waals surface area contributed by atoms with Crippen LogP contribution in [0, 0.1) is 0 Å². The summed E-state index contributed by atoms with van der Waals surface area (Å²) in [6.07, 6.45) is -5.53. The summed E-state index contributed by atoms with van der Waals surface area (Å²) in [7, 11) is 1.66. The topological polar surface area (TPSA) is 131 Å². The molecule has 8 heteroatoms. The normalized spacial score (nSPS) is 31.6. The van der Waals surface area contributed by atoms with Gasteiger partial charge < -0.3 is 35.8 Å². The van der Waals surface area contributed by atoms with Crippen LogP contribution in [0.2, 0.25) is 0 Å². The molecule has 1 amide bonds. The van der Waals surface area contributed by atoms with Gasteiger partial charge in [-0.05, 0) is 12.1 Å². The first kappa shape index (κ1) is 16.7. The molecule has 8 nitrogen and oxygen atoms in total. The lowest BCUT2D eigenvalue weighted by atomic mass is 9.96. The first-order chi connectivity index (χ1) is 10.5. The lowest BCUT2D eigenvalue weighted by Gasteiger charge is -2.40. The van der Waals surface area contributed by atoms with Crippen LogP contribution in [0.4, 0.5) is 5.69 Å². The Kier molecular flexibility index (Phi) is 5.33. The van der Waals surface area contributed by atoms with Crippen LogP contribution in [-0.4, -0.2) is 70.6 Å². The molecule has 0 aliphatic carbocycles. The second kappa shape index (κ2) is 7.03. The lowest BCUT2D eigenvalue weighted by molar-refractivity contribution is -0.252. The fourth-order valence-corrected chi connectivity index (χ4v) is 2.38. The maximum atomic E-state index is 12.3. The van der Waals surface area contributed by atoms with E-state index in [2.05, 4.69) is 10.6 Å². The number of rotatable bonds is 4. The van der Waals surface area contributed by atoms with Crippen molar-refractivity contribution < 1.29 is 30.0 Å². The van der Waals surface area contributed by atoms with E-state index in [0.717, 1.165) is 0 Å². The Bertz CT molecular complexity index is 526. The highest BCUT2D eigenvalue weighted by atomic mass is 16.6. The third-order valence-corrected chi connectivity index (χ3v) is 3.64. The Morgan fingerprint density at radius 3 is 2.55 bits per heavy atom. The molecule has 6 N–H and O–H groups in total. The smallest absolute Gasteiger partial charge is 0.253 e. The highest BCUT2D eigenvalue weighted by Crippen LogP contribution is 2.21. The third-order valence-electron chi connectivity index (χ3n) is 3.64. The molecule has 1 unspecified atom stereocenters. The Labute approximate surface area is 127 Å². The van der Waals surface area contributed by atoms with Crippen molar-refractivity contribution in [1.29, 1.82) is 0 Å². The molecule has 1 aliphatic rings. The van der Waals surface area contributed by atoms with Crippen LogP contribution in [0.15, 0.2) is 24.3 Å². The van der Waals surface area contributed by atoms with E-state index in [9.17, 15) is 20.1 Å². The summed E-state index contributed by atoms with van der Waals surface area (Å²) >= 11 is 0. The van der Waals surface area contributed by atoms with Crippen LogP contribution in [0.1, 0.15) is 10.4 Å². The van der Waals surface area contributed by atoms with Gasteiger partial charge in [-0.3, -0.25) is 4.79 Å². The van der Waals surface area contributed by atoms with Crippen molar-refractivity contribution in [3.05, 3.63) is 29.8 Å². The summed E-state index contributed by atoms with van der Waals surface area (Å²) < 4.78 is 4.99. The van der Waals surface area contributed by atoms with Gasteiger partial charge in [0, 0.05) is 12.7 Å². The largest absolute Gasteiger partial charge is 0.394 e. The van der Waals surface area contributed by atoms with Crippen LogP contribution in [0.25, 0.3) is 0 Å². The number of aliphatic hydroxyl groups excluding tert-OH is 4. The minimum atomic E-state index is -1.54. The van der Waals surface area contributed by atoms with E-state index < -0.39 is 43.2 Å². The molecule has 2 rings (SSSR count). The summed E-state index contributed by atoms with van der Waals surface area (Å²) in [6.45, 7) is -0.557. The van der Waals surface area contributed by atoms with Gasteiger partial charge in [-0.15, -0.1) is 0 Å². The Morgan fingerprint density at radius 2 is 1.91 bits per heavy atom. The van der Waals surface area contributed by atoms with Crippen molar-refractivity contribution in [3.8, 4) is 0 Å². The molecule has 22 heavy (non-hydrogen) atoms. The van der Waals surface area contributed by atoms with E-state index in [1.54, 1.807) is 31.3 Å². The van der Waals surface area contributed by atoms with Crippen molar-refractivity contribution in [2.75, 3.05) is 19.0 Å². The predicted octanol–water partition coefficient (Wildman–Crippen LogP) is -1.74. The van der Waals surface area contributed by atoms with Crippen LogP contribution in [0.5, 0.6) is 0 Å². The molecule has 1 heterocycles. The Morgan fingerprint density at radius 1 is 1.23 bits per heavy atom. The summed E-state index contributed by atoms with van der Waals surface area (Å²) in [6, 6.07) is 5.50. The second-order valence-electron chi connectivity index (χ2n) is 5.02. The summed E-state index contributed by atoms with van der Waals surface area (Å²) in [4.78, 5) is 12.3. The molecule has 1 fully saturated rings. The highest BCUT2D eigenvalue weighted by Gasteiger charge is 2.44. The Balaban J connectivity index is 2.14. The van der Waals surface area contributed by atoms with Crippen LogP contribution in [-0.2, 0) is 4.74 Å². The summed E-state index contributed by atoms with van der Waals surface area (Å²) in [5.74, 6) is -0.536. The maximum Gasteiger partial charge on any atom is 0.253 e. The minimum Gasteiger partial charge on any atom is -0.394 e. The molecular weight excluding hydrogens is 292 g/mol. The number of amides is 1. The number of para-hydroxylation sites is 1. The molecule has 1 saturated heterocycles. The Hall–Kier alpha value is -1.71. The van der Waals surface area contributed by atoms with Crippen molar-refractivity contribution in [2.45, 2.75) is 30.6 Å². The maximum absolute atomic E-state index is 12.3. The van der Waals surface area contributed by atoms with Gasteiger partial charge >= 0.3 is 0 Å². The fourth-order valence-electron chi connectivity index (χ4n) is 2.38. The van der Waals surface area contributed by atoms with E-state index in [0.29, 0.717) is 11.3 Å². The van der Waals surface area contributed by atoms with Crippen LogP contribution < -0.4 is 10.6 Å². The highest BCUT2D eigenvalue weighted by molar-refractivity contribution is 5.99. The van der Waals surface area contributed by atoms with E-state index in [1.165, 1.54) is 0 Å². The van der Waals surface area contributed by atoms with Crippen molar-refractivity contribution in [1.82, 2.24) is 5.32 Å². The zero-order chi connectivity index (χ0) is 16.3. The lowest BCUT2D eigenvalue weighted by Crippen LogP contribution is -2.64. The van der Waals surface area contributed by atoms with Gasteiger partial charge in [0.15, 0.2) is 6.29 Å². The molecular formula is C14H20N2O6. The minimum absolute atomic E-state index is 0.322. The molecule has 0 saturated carbocycles. The number of aliphatic hydroxyl groups is 4. The molecule has 0 spiro atoms. The van der Waals surface area contributed by atoms with Crippen molar-refractivity contribution in [2.24, 2.45) is 0 Å². The molecule has 0 aromatic heterocycles. The summed E-state index contributed by atoms with van der Waals surface area (Å²) in [5, 5.41) is 44.0. The predicted molar refractivity (Wildman–Crippen MR) is 77.2 cm³/mol. The first-order valence-corrected chi connectivity index (χ1v) is 6.87. The van der Waals surface area contributed by atoms with Gasteiger partial charge in [0.1, 0.15) is 24.4 Å². The SMILES string of the molecule is CNc1ccccc1C(=O)N[C@@H]1C(O)O[C@@H](CO)[C@H](O)[C@H]1O. The monoisotopic (exact) mass is 312 g/mol. The molecule has 0 bridgehead atoms. The number of hydrogen-bond donors (Lipinski definition) is 6. The zero-order valence-corrected chi connectivity index (χ0v) is 12.0. The molecule has 122 valence electrons. The van der Waals surface area contributed by atoms with E-state index >= 15 is 0 Å². The number of carbonyl (C=O) groups excluding carboxylic acids is 1. The van der Waals surface area contributed by atoms with E-state index in [1.807, 2.05) is 0 Å².